The molecule has 0 aromatic heterocycles. The molecule has 0 N–H and O–H groups in total. The van der Waals surface area contributed by atoms with Crippen LogP contribution in [0.25, 0.3) is 0 Å². The fourth-order valence-corrected chi connectivity index (χ4v) is 4.99. The summed E-state index contributed by atoms with van der Waals surface area (Å²) in [6.45, 7) is 7.89. The predicted molar refractivity (Wildman–Crippen MR) is 73.1 cm³/mol. The summed E-state index contributed by atoms with van der Waals surface area (Å²) in [5.41, 5.74) is -4.50. The van der Waals surface area contributed by atoms with Gasteiger partial charge in [0.15, 0.2) is 0 Å². The molecule has 4 fully saturated rings. The van der Waals surface area contributed by atoms with Crippen LogP contribution in [0, 0.1) is 0 Å². The molecule has 0 amide bonds. The van der Waals surface area contributed by atoms with Gasteiger partial charge in [-0.05, 0) is 0 Å². The third-order valence-electron chi connectivity index (χ3n) is 4.85. The number of ether oxygens (including phenoxy) is 2. The van der Waals surface area contributed by atoms with E-state index in [0.29, 0.717) is 19.6 Å². The van der Waals surface area contributed by atoms with Crippen molar-refractivity contribution < 1.29 is 18.3 Å². The first-order valence-electron chi connectivity index (χ1n) is 7.24. The lowest BCUT2D eigenvalue weighted by molar-refractivity contribution is -0.284. The molecule has 4 heteroatoms. The van der Waals surface area contributed by atoms with Crippen molar-refractivity contribution in [1.29, 1.82) is 0 Å². The summed E-state index contributed by atoms with van der Waals surface area (Å²) in [4.78, 5) is 0. The number of halogens is 2. The third-order valence-corrected chi connectivity index (χ3v) is 4.85. The molecule has 0 saturated heterocycles. The van der Waals surface area contributed by atoms with Crippen LogP contribution in [0.15, 0.2) is 25.3 Å². The minimum absolute atomic E-state index is 0.0155. The van der Waals surface area contributed by atoms with Gasteiger partial charge in [-0.3, -0.25) is 0 Å². The van der Waals surface area contributed by atoms with Crippen LogP contribution in [-0.4, -0.2) is 35.8 Å². The zero-order valence-corrected chi connectivity index (χ0v) is 11.8. The molecule has 0 aromatic carbocycles. The topological polar surface area (TPSA) is 18.5 Å². The molecule has 0 heterocycles. The van der Waals surface area contributed by atoms with E-state index in [1.165, 1.54) is 0 Å². The van der Waals surface area contributed by atoms with Crippen molar-refractivity contribution in [1.82, 2.24) is 0 Å². The van der Waals surface area contributed by atoms with Gasteiger partial charge < -0.3 is 9.47 Å². The Hall–Kier alpha value is -0.740. The van der Waals surface area contributed by atoms with Crippen LogP contribution in [-0.2, 0) is 9.47 Å². The molecule has 4 aliphatic rings. The first-order chi connectivity index (χ1) is 9.36. The van der Waals surface area contributed by atoms with E-state index < -0.39 is 22.5 Å². The van der Waals surface area contributed by atoms with Gasteiger partial charge >= 0.3 is 0 Å². The Kier molecular flexibility index (Phi) is 3.11. The van der Waals surface area contributed by atoms with Crippen molar-refractivity contribution in [3.63, 3.8) is 0 Å². The minimum atomic E-state index is -1.51. The highest BCUT2D eigenvalue weighted by molar-refractivity contribution is 5.22. The highest BCUT2D eigenvalue weighted by Gasteiger charge is 2.71. The molecule has 0 aromatic rings. The predicted octanol–water partition coefficient (Wildman–Crippen LogP) is 3.67. The first-order valence-corrected chi connectivity index (χ1v) is 7.24. The van der Waals surface area contributed by atoms with Crippen LogP contribution in [0.2, 0.25) is 0 Å². The molecule has 4 aliphatic carbocycles. The Morgan fingerprint density at radius 2 is 1.15 bits per heavy atom. The number of hydrogen-bond donors (Lipinski definition) is 0. The van der Waals surface area contributed by atoms with Crippen LogP contribution in [0.3, 0.4) is 0 Å². The van der Waals surface area contributed by atoms with Crippen molar-refractivity contribution in [2.75, 3.05) is 13.2 Å². The minimum Gasteiger partial charge on any atom is -0.371 e. The molecule has 0 aliphatic heterocycles. The smallest absolute Gasteiger partial charge is 0.119 e. The Bertz CT molecular complexity index is 382. The second-order valence-corrected chi connectivity index (χ2v) is 6.93. The molecule has 2 nitrogen and oxygen atoms in total. The van der Waals surface area contributed by atoms with Gasteiger partial charge in [-0.2, -0.15) is 0 Å². The van der Waals surface area contributed by atoms with E-state index in [1.54, 1.807) is 12.2 Å². The zero-order chi connectivity index (χ0) is 14.5. The molecular formula is C16H22F2O2. The maximum Gasteiger partial charge on any atom is 0.119 e. The van der Waals surface area contributed by atoms with Gasteiger partial charge in [-0.1, -0.05) is 12.2 Å². The summed E-state index contributed by atoms with van der Waals surface area (Å²) < 4.78 is 41.7. The number of rotatable bonds is 6. The van der Waals surface area contributed by atoms with E-state index in [2.05, 4.69) is 13.2 Å². The van der Waals surface area contributed by atoms with Gasteiger partial charge in [0, 0.05) is 38.5 Å². The van der Waals surface area contributed by atoms with Crippen LogP contribution in [0.4, 0.5) is 8.78 Å². The molecule has 0 unspecified atom stereocenters. The van der Waals surface area contributed by atoms with E-state index in [1.807, 2.05) is 0 Å². The summed E-state index contributed by atoms with van der Waals surface area (Å²) >= 11 is 0. The Balaban J connectivity index is 1.92. The molecule has 112 valence electrons. The molecule has 20 heavy (non-hydrogen) atoms. The maximum absolute atomic E-state index is 15.0. The van der Waals surface area contributed by atoms with Gasteiger partial charge in [-0.15, -0.1) is 13.2 Å². The highest BCUT2D eigenvalue weighted by atomic mass is 19.2. The van der Waals surface area contributed by atoms with Crippen molar-refractivity contribution in [3.05, 3.63) is 25.3 Å². The summed E-state index contributed by atoms with van der Waals surface area (Å²) in [6, 6.07) is 0. The Labute approximate surface area is 118 Å². The van der Waals surface area contributed by atoms with E-state index >= 15 is 8.78 Å². The van der Waals surface area contributed by atoms with Gasteiger partial charge in [0.2, 0.25) is 0 Å². The van der Waals surface area contributed by atoms with Gasteiger partial charge in [0.05, 0.1) is 24.4 Å². The van der Waals surface area contributed by atoms with Crippen LogP contribution in [0.5, 0.6) is 0 Å². The molecule has 4 saturated carbocycles. The van der Waals surface area contributed by atoms with E-state index in [9.17, 15) is 0 Å². The van der Waals surface area contributed by atoms with E-state index in [0.717, 1.165) is 0 Å². The van der Waals surface area contributed by atoms with Crippen LogP contribution >= 0.6 is 0 Å². The molecule has 4 rings (SSSR count). The first kappa shape index (κ1) is 14.2. The molecule has 4 bridgehead atoms. The molecule has 0 atom stereocenters. The van der Waals surface area contributed by atoms with Crippen molar-refractivity contribution in [3.8, 4) is 0 Å². The Morgan fingerprint density at radius 3 is 1.50 bits per heavy atom. The van der Waals surface area contributed by atoms with Gasteiger partial charge in [0.25, 0.3) is 0 Å². The van der Waals surface area contributed by atoms with Crippen LogP contribution < -0.4 is 0 Å². The Morgan fingerprint density at radius 1 is 0.750 bits per heavy atom. The fraction of sp³-hybridized carbons (Fsp3) is 0.750. The van der Waals surface area contributed by atoms with Crippen LogP contribution in [0.1, 0.15) is 38.5 Å². The van der Waals surface area contributed by atoms with Crippen molar-refractivity contribution in [2.45, 2.75) is 61.1 Å². The third kappa shape index (κ3) is 2.23. The fourth-order valence-electron chi connectivity index (χ4n) is 4.99. The second kappa shape index (κ2) is 4.38. The largest absolute Gasteiger partial charge is 0.371 e. The van der Waals surface area contributed by atoms with E-state index in [-0.39, 0.29) is 32.1 Å². The summed E-state index contributed by atoms with van der Waals surface area (Å²) in [7, 11) is 0. The maximum atomic E-state index is 15.0. The normalized spacial score (nSPS) is 49.3. The zero-order valence-electron chi connectivity index (χ0n) is 11.8. The quantitative estimate of drug-likeness (QED) is 0.693. The lowest BCUT2D eigenvalue weighted by Gasteiger charge is -2.64. The lowest BCUT2D eigenvalue weighted by Crippen LogP contribution is -2.70. The second-order valence-electron chi connectivity index (χ2n) is 6.93. The summed E-state index contributed by atoms with van der Waals surface area (Å²) in [6.07, 6.45) is 4.92. The highest BCUT2D eigenvalue weighted by Crippen LogP contribution is 2.65. The van der Waals surface area contributed by atoms with Gasteiger partial charge in [0.1, 0.15) is 11.3 Å². The summed E-state index contributed by atoms with van der Waals surface area (Å²) in [5, 5.41) is 0. The number of hydrogen-bond acceptors (Lipinski definition) is 2. The average molecular weight is 284 g/mol. The van der Waals surface area contributed by atoms with E-state index in [4.69, 9.17) is 9.47 Å². The average Bonchev–Trinajstić information content (AvgIpc) is 2.29. The molecular weight excluding hydrogens is 262 g/mol. The summed E-state index contributed by atoms with van der Waals surface area (Å²) in [5.74, 6) is 0. The monoisotopic (exact) mass is 284 g/mol. The molecule has 0 spiro atoms. The molecule has 0 radical (unpaired) electrons. The standard InChI is InChI=1S/C16H22F2O2/c1-3-5-19-15-8-13(17)7-14(18,9-15)11-16(10-13,12-15)20-6-4-2/h3-4H,1-2,5-12H2. The van der Waals surface area contributed by atoms with Crippen molar-refractivity contribution in [2.24, 2.45) is 0 Å². The number of alkyl halides is 2. The van der Waals surface area contributed by atoms with Gasteiger partial charge in [-0.25, -0.2) is 8.78 Å². The SMILES string of the molecule is C=CCOC12CC3(F)CC(F)(C1)CC(OCC=C)(C3)C2. The lowest BCUT2D eigenvalue weighted by atomic mass is 9.49. The van der Waals surface area contributed by atoms with Crippen molar-refractivity contribution >= 4 is 0 Å².